The van der Waals surface area contributed by atoms with Gasteiger partial charge in [-0.15, -0.1) is 0 Å². The number of hydrogen-bond acceptors (Lipinski definition) is 7. The molecule has 152 valence electrons. The van der Waals surface area contributed by atoms with Crippen LogP contribution >= 0.6 is 0 Å². The summed E-state index contributed by atoms with van der Waals surface area (Å²) in [5.74, 6) is 2.58. The number of aromatic nitrogens is 2. The Kier molecular flexibility index (Phi) is 3.84. The van der Waals surface area contributed by atoms with Crippen molar-refractivity contribution in [1.82, 2.24) is 20.1 Å². The molecule has 6 heterocycles. The van der Waals surface area contributed by atoms with Crippen LogP contribution in [0.2, 0.25) is 0 Å². The van der Waals surface area contributed by atoms with E-state index in [1.165, 1.54) is 18.4 Å². The Labute approximate surface area is 168 Å². The minimum Gasteiger partial charge on any atom is -0.454 e. The van der Waals surface area contributed by atoms with Crippen molar-refractivity contribution in [2.45, 2.75) is 44.2 Å². The van der Waals surface area contributed by atoms with Crippen LogP contribution in [0, 0.1) is 12.8 Å². The first-order chi connectivity index (χ1) is 14.2. The van der Waals surface area contributed by atoms with Crippen LogP contribution in [0.15, 0.2) is 22.8 Å². The molecule has 3 atom stereocenters. The van der Waals surface area contributed by atoms with E-state index in [1.54, 1.807) is 0 Å². The number of hydrogen-bond donors (Lipinski definition) is 0. The number of ether oxygens (including phenoxy) is 2. The average molecular weight is 396 g/mol. The molecule has 5 aliphatic rings. The number of piperidine rings is 3. The van der Waals surface area contributed by atoms with Gasteiger partial charge in [0.25, 0.3) is 0 Å². The zero-order chi connectivity index (χ0) is 19.5. The topological polar surface area (TPSA) is 80.9 Å². The molecule has 0 radical (unpaired) electrons. The Morgan fingerprint density at radius 3 is 2.76 bits per heavy atom. The number of rotatable bonds is 3. The first-order valence-corrected chi connectivity index (χ1v) is 10.4. The van der Waals surface area contributed by atoms with Crippen molar-refractivity contribution in [2.24, 2.45) is 5.92 Å². The lowest BCUT2D eigenvalue weighted by molar-refractivity contribution is -0.135. The molecule has 2 aromatic rings. The molecule has 5 aliphatic heterocycles. The Morgan fingerprint density at radius 1 is 1.14 bits per heavy atom. The maximum absolute atomic E-state index is 13.3. The SMILES string of the molecule is Cc1nonc1CC(=O)N1C[C@H](c2ccc3c(c2)OCO3)[C@H]2[C@@H]1C1CCN2CC1. The van der Waals surface area contributed by atoms with Crippen LogP contribution in [0.4, 0.5) is 0 Å². The first-order valence-electron chi connectivity index (χ1n) is 10.4. The number of benzene rings is 1. The van der Waals surface area contributed by atoms with Gasteiger partial charge in [-0.05, 0) is 56.5 Å². The van der Waals surface area contributed by atoms with Gasteiger partial charge in [0.2, 0.25) is 12.7 Å². The van der Waals surface area contributed by atoms with Gasteiger partial charge in [-0.2, -0.15) is 0 Å². The summed E-state index contributed by atoms with van der Waals surface area (Å²) in [4.78, 5) is 18.0. The van der Waals surface area contributed by atoms with Gasteiger partial charge >= 0.3 is 0 Å². The third-order valence-electron chi connectivity index (χ3n) is 7.20. The van der Waals surface area contributed by atoms with Crippen molar-refractivity contribution in [3.8, 4) is 11.5 Å². The zero-order valence-electron chi connectivity index (χ0n) is 16.4. The molecule has 4 saturated heterocycles. The molecule has 7 rings (SSSR count). The molecule has 1 amide bonds. The predicted molar refractivity (Wildman–Crippen MR) is 102 cm³/mol. The van der Waals surface area contributed by atoms with Crippen molar-refractivity contribution in [3.63, 3.8) is 0 Å². The molecule has 29 heavy (non-hydrogen) atoms. The maximum Gasteiger partial charge on any atom is 0.231 e. The summed E-state index contributed by atoms with van der Waals surface area (Å²) in [6, 6.07) is 6.87. The summed E-state index contributed by atoms with van der Waals surface area (Å²) < 4.78 is 15.9. The monoisotopic (exact) mass is 396 g/mol. The van der Waals surface area contributed by atoms with Gasteiger partial charge in [0.05, 0.1) is 12.5 Å². The number of amides is 1. The van der Waals surface area contributed by atoms with Crippen molar-refractivity contribution in [3.05, 3.63) is 35.2 Å². The van der Waals surface area contributed by atoms with E-state index < -0.39 is 0 Å². The van der Waals surface area contributed by atoms with Gasteiger partial charge < -0.3 is 14.4 Å². The van der Waals surface area contributed by atoms with Crippen LogP contribution in [-0.4, -0.2) is 64.5 Å². The second-order valence-corrected chi connectivity index (χ2v) is 8.59. The minimum atomic E-state index is 0.121. The zero-order valence-corrected chi connectivity index (χ0v) is 16.4. The Hall–Kier alpha value is -2.61. The van der Waals surface area contributed by atoms with Gasteiger partial charge in [0.1, 0.15) is 11.4 Å². The second kappa shape index (κ2) is 6.45. The fourth-order valence-corrected chi connectivity index (χ4v) is 5.80. The maximum atomic E-state index is 13.3. The fraction of sp³-hybridized carbons (Fsp3) is 0.571. The Bertz CT molecular complexity index is 952. The van der Waals surface area contributed by atoms with Crippen LogP contribution in [-0.2, 0) is 11.2 Å². The molecular formula is C21H24N4O4. The number of fused-ring (bicyclic) bond motifs is 3. The van der Waals surface area contributed by atoms with Crippen LogP contribution in [0.25, 0.3) is 0 Å². The number of nitrogens with zero attached hydrogens (tertiary/aromatic N) is 4. The van der Waals surface area contributed by atoms with Gasteiger partial charge in [0, 0.05) is 18.5 Å². The molecule has 0 spiro atoms. The van der Waals surface area contributed by atoms with Crippen LogP contribution in [0.1, 0.15) is 35.7 Å². The highest BCUT2D eigenvalue weighted by Crippen LogP contribution is 2.48. The van der Waals surface area contributed by atoms with Gasteiger partial charge in [0.15, 0.2) is 11.5 Å². The van der Waals surface area contributed by atoms with E-state index in [9.17, 15) is 4.79 Å². The molecule has 1 aromatic carbocycles. The molecule has 8 nitrogen and oxygen atoms in total. The molecule has 4 fully saturated rings. The summed E-state index contributed by atoms with van der Waals surface area (Å²) in [6.45, 7) is 5.09. The van der Waals surface area contributed by atoms with Crippen LogP contribution in [0.5, 0.6) is 11.5 Å². The standard InChI is InChI=1S/C21H24N4O4/c1-12-16(23-29-22-12)9-19(26)25-10-15(14-2-3-17-18(8-14)28-11-27-17)21-20(25)13-4-6-24(21)7-5-13/h2-3,8,13,15,20-21H,4-7,9-11H2,1H3/t15-,20+,21+/m1/s1. The summed E-state index contributed by atoms with van der Waals surface area (Å²) in [7, 11) is 0. The van der Waals surface area contributed by atoms with Crippen molar-refractivity contribution in [1.29, 1.82) is 0 Å². The van der Waals surface area contributed by atoms with Crippen molar-refractivity contribution >= 4 is 5.91 Å². The highest BCUT2D eigenvalue weighted by atomic mass is 16.7. The van der Waals surface area contributed by atoms with Crippen molar-refractivity contribution < 1.29 is 18.9 Å². The third kappa shape index (κ3) is 2.65. The summed E-state index contributed by atoms with van der Waals surface area (Å²) in [5, 5.41) is 7.74. The summed E-state index contributed by atoms with van der Waals surface area (Å²) >= 11 is 0. The molecule has 0 N–H and O–H groups in total. The lowest BCUT2D eigenvalue weighted by Crippen LogP contribution is -2.60. The minimum absolute atomic E-state index is 0.121. The number of likely N-dealkylation sites (tertiary alicyclic amines) is 1. The van der Waals surface area contributed by atoms with E-state index in [-0.39, 0.29) is 31.1 Å². The summed E-state index contributed by atoms with van der Waals surface area (Å²) in [6.07, 6.45) is 2.59. The van der Waals surface area contributed by atoms with E-state index in [1.807, 2.05) is 13.0 Å². The quantitative estimate of drug-likeness (QED) is 0.782. The summed E-state index contributed by atoms with van der Waals surface area (Å²) in [5.41, 5.74) is 2.56. The van der Waals surface area contributed by atoms with E-state index in [4.69, 9.17) is 14.1 Å². The van der Waals surface area contributed by atoms with Crippen LogP contribution in [0.3, 0.4) is 0 Å². The number of carbonyl (C=O) groups is 1. The highest BCUT2D eigenvalue weighted by Gasteiger charge is 2.54. The van der Waals surface area contributed by atoms with E-state index in [2.05, 4.69) is 32.2 Å². The molecule has 0 aliphatic carbocycles. The molecule has 1 aromatic heterocycles. The van der Waals surface area contributed by atoms with E-state index in [0.29, 0.717) is 23.3 Å². The van der Waals surface area contributed by atoms with Crippen LogP contribution < -0.4 is 9.47 Å². The lowest BCUT2D eigenvalue weighted by atomic mass is 9.75. The Morgan fingerprint density at radius 2 is 1.97 bits per heavy atom. The fourth-order valence-electron chi connectivity index (χ4n) is 5.80. The Balaban J connectivity index is 1.33. The van der Waals surface area contributed by atoms with E-state index >= 15 is 0 Å². The smallest absolute Gasteiger partial charge is 0.231 e. The normalized spacial score (nSPS) is 31.9. The second-order valence-electron chi connectivity index (χ2n) is 8.59. The molecule has 8 heteroatoms. The first kappa shape index (κ1) is 17.3. The van der Waals surface area contributed by atoms with Gasteiger partial charge in [-0.25, -0.2) is 4.63 Å². The third-order valence-corrected chi connectivity index (χ3v) is 7.20. The van der Waals surface area contributed by atoms with Gasteiger partial charge in [-0.1, -0.05) is 16.4 Å². The molecule has 0 unspecified atom stereocenters. The molecular weight excluding hydrogens is 372 g/mol. The average Bonchev–Trinajstić information content (AvgIpc) is 3.47. The van der Waals surface area contributed by atoms with E-state index in [0.717, 1.165) is 31.1 Å². The molecule has 2 bridgehead atoms. The van der Waals surface area contributed by atoms with Gasteiger partial charge in [-0.3, -0.25) is 9.69 Å². The molecule has 0 saturated carbocycles. The largest absolute Gasteiger partial charge is 0.454 e. The number of carbonyl (C=O) groups excluding carboxylic acids is 1. The predicted octanol–water partition coefficient (Wildman–Crippen LogP) is 1.74. The van der Waals surface area contributed by atoms with Crippen molar-refractivity contribution in [2.75, 3.05) is 26.4 Å². The number of aryl methyl sites for hydroxylation is 1. The lowest BCUT2D eigenvalue weighted by Gasteiger charge is -2.51. The highest BCUT2D eigenvalue weighted by molar-refractivity contribution is 5.79.